The minimum Gasteiger partial charge on any atom is -0.494 e. The van der Waals surface area contributed by atoms with Gasteiger partial charge in [0, 0.05) is 0 Å². The summed E-state index contributed by atoms with van der Waals surface area (Å²) in [5.74, 6) is 1.49. The summed E-state index contributed by atoms with van der Waals surface area (Å²) in [4.78, 5) is 0. The molecule has 1 aromatic rings. The molecule has 102 valence electrons. The van der Waals surface area contributed by atoms with Crippen molar-refractivity contribution in [2.75, 3.05) is 20.2 Å². The predicted octanol–water partition coefficient (Wildman–Crippen LogP) is 2.75. The van der Waals surface area contributed by atoms with E-state index >= 15 is 0 Å². The highest BCUT2D eigenvalue weighted by atomic mass is 16.5. The van der Waals surface area contributed by atoms with E-state index in [9.17, 15) is 5.11 Å². The lowest BCUT2D eigenvalue weighted by atomic mass is 10.1. The standard InChI is InChI=1S/C15H25NO2/c1-12(2)8-10-18-14-6-4-5-13(11-14)15(17)7-9-16-3/h4-6,11-12,15-17H,7-10H2,1-3H3. The van der Waals surface area contributed by atoms with E-state index in [-0.39, 0.29) is 0 Å². The van der Waals surface area contributed by atoms with E-state index in [1.165, 1.54) is 0 Å². The minimum atomic E-state index is -0.425. The van der Waals surface area contributed by atoms with Crippen LogP contribution in [-0.4, -0.2) is 25.3 Å². The van der Waals surface area contributed by atoms with Gasteiger partial charge in [-0.1, -0.05) is 26.0 Å². The van der Waals surface area contributed by atoms with Crippen LogP contribution in [0.3, 0.4) is 0 Å². The molecule has 0 amide bonds. The quantitative estimate of drug-likeness (QED) is 0.746. The Bertz CT molecular complexity index is 339. The molecule has 0 saturated heterocycles. The third-order valence-electron chi connectivity index (χ3n) is 2.87. The van der Waals surface area contributed by atoms with Crippen LogP contribution < -0.4 is 10.1 Å². The van der Waals surface area contributed by atoms with Gasteiger partial charge in [-0.2, -0.15) is 0 Å². The van der Waals surface area contributed by atoms with E-state index in [4.69, 9.17) is 4.74 Å². The molecule has 0 fully saturated rings. The van der Waals surface area contributed by atoms with E-state index in [1.807, 2.05) is 31.3 Å². The Labute approximate surface area is 110 Å². The summed E-state index contributed by atoms with van der Waals surface area (Å²) in [6.07, 6.45) is 1.34. The summed E-state index contributed by atoms with van der Waals surface area (Å²) in [6, 6.07) is 7.74. The number of aliphatic hydroxyl groups is 1. The van der Waals surface area contributed by atoms with Crippen molar-refractivity contribution in [3.63, 3.8) is 0 Å². The lowest BCUT2D eigenvalue weighted by Gasteiger charge is -2.13. The van der Waals surface area contributed by atoms with Crippen molar-refractivity contribution in [1.29, 1.82) is 0 Å². The Morgan fingerprint density at radius 3 is 2.72 bits per heavy atom. The van der Waals surface area contributed by atoms with Gasteiger partial charge in [0.2, 0.25) is 0 Å². The Kier molecular flexibility index (Phi) is 6.76. The first kappa shape index (κ1) is 15.0. The molecule has 0 bridgehead atoms. The molecular formula is C15H25NO2. The van der Waals surface area contributed by atoms with Crippen LogP contribution in [0.1, 0.15) is 38.4 Å². The van der Waals surface area contributed by atoms with Gasteiger partial charge >= 0.3 is 0 Å². The molecule has 1 aromatic carbocycles. The molecule has 0 aliphatic heterocycles. The van der Waals surface area contributed by atoms with Crippen molar-refractivity contribution in [3.05, 3.63) is 29.8 Å². The molecule has 3 nitrogen and oxygen atoms in total. The molecule has 0 aliphatic rings. The van der Waals surface area contributed by atoms with Crippen LogP contribution in [0.5, 0.6) is 5.75 Å². The summed E-state index contributed by atoms with van der Waals surface area (Å²) in [6.45, 7) is 5.90. The molecule has 18 heavy (non-hydrogen) atoms. The second kappa shape index (κ2) is 8.11. The van der Waals surface area contributed by atoms with E-state index in [0.29, 0.717) is 12.3 Å². The van der Waals surface area contributed by atoms with Crippen LogP contribution in [0.15, 0.2) is 24.3 Å². The normalized spacial score (nSPS) is 12.7. The first-order chi connectivity index (χ1) is 8.63. The zero-order valence-electron chi connectivity index (χ0n) is 11.6. The largest absolute Gasteiger partial charge is 0.494 e. The molecule has 2 N–H and O–H groups in total. The third kappa shape index (κ3) is 5.52. The fourth-order valence-corrected chi connectivity index (χ4v) is 1.67. The molecule has 0 radical (unpaired) electrons. The van der Waals surface area contributed by atoms with Crippen LogP contribution in [0, 0.1) is 5.92 Å². The molecule has 1 unspecified atom stereocenters. The topological polar surface area (TPSA) is 41.5 Å². The van der Waals surface area contributed by atoms with Gasteiger partial charge in [0.25, 0.3) is 0 Å². The van der Waals surface area contributed by atoms with Gasteiger partial charge in [0.1, 0.15) is 5.75 Å². The van der Waals surface area contributed by atoms with Gasteiger partial charge in [-0.05, 0) is 50.0 Å². The summed E-state index contributed by atoms with van der Waals surface area (Å²) in [5.41, 5.74) is 0.923. The van der Waals surface area contributed by atoms with Crippen LogP contribution in [-0.2, 0) is 0 Å². The average molecular weight is 251 g/mol. The van der Waals surface area contributed by atoms with E-state index in [2.05, 4.69) is 19.2 Å². The maximum absolute atomic E-state index is 9.99. The van der Waals surface area contributed by atoms with Crippen molar-refractivity contribution in [2.24, 2.45) is 5.92 Å². The molecular weight excluding hydrogens is 226 g/mol. The Morgan fingerprint density at radius 2 is 2.06 bits per heavy atom. The first-order valence-electron chi connectivity index (χ1n) is 6.69. The Hall–Kier alpha value is -1.06. The van der Waals surface area contributed by atoms with Crippen molar-refractivity contribution in [3.8, 4) is 5.75 Å². The van der Waals surface area contributed by atoms with Gasteiger partial charge in [-0.15, -0.1) is 0 Å². The Morgan fingerprint density at radius 1 is 1.28 bits per heavy atom. The lowest BCUT2D eigenvalue weighted by Crippen LogP contribution is -2.12. The summed E-state index contributed by atoms with van der Waals surface area (Å²) < 4.78 is 5.69. The third-order valence-corrected chi connectivity index (χ3v) is 2.87. The van der Waals surface area contributed by atoms with Gasteiger partial charge in [0.15, 0.2) is 0 Å². The molecule has 0 saturated carbocycles. The van der Waals surface area contributed by atoms with Gasteiger partial charge in [0.05, 0.1) is 12.7 Å². The number of nitrogens with one attached hydrogen (secondary N) is 1. The van der Waals surface area contributed by atoms with Crippen LogP contribution in [0.4, 0.5) is 0 Å². The second-order valence-corrected chi connectivity index (χ2v) is 5.01. The number of ether oxygens (including phenoxy) is 1. The van der Waals surface area contributed by atoms with Crippen LogP contribution >= 0.6 is 0 Å². The average Bonchev–Trinajstić information content (AvgIpc) is 2.36. The molecule has 0 aliphatic carbocycles. The van der Waals surface area contributed by atoms with Crippen LogP contribution in [0.25, 0.3) is 0 Å². The Balaban J connectivity index is 2.50. The lowest BCUT2D eigenvalue weighted by molar-refractivity contribution is 0.167. The predicted molar refractivity (Wildman–Crippen MR) is 74.9 cm³/mol. The maximum Gasteiger partial charge on any atom is 0.119 e. The van der Waals surface area contributed by atoms with Crippen LogP contribution in [0.2, 0.25) is 0 Å². The molecule has 1 atom stereocenters. The van der Waals surface area contributed by atoms with E-state index in [0.717, 1.165) is 30.9 Å². The summed E-state index contributed by atoms with van der Waals surface area (Å²) >= 11 is 0. The van der Waals surface area contributed by atoms with E-state index < -0.39 is 6.10 Å². The number of benzene rings is 1. The SMILES string of the molecule is CNCCC(O)c1cccc(OCCC(C)C)c1. The van der Waals surface area contributed by atoms with Gasteiger partial charge in [-0.25, -0.2) is 0 Å². The molecule has 0 spiro atoms. The zero-order chi connectivity index (χ0) is 13.4. The van der Waals surface area contributed by atoms with Crippen molar-refractivity contribution >= 4 is 0 Å². The zero-order valence-corrected chi connectivity index (χ0v) is 11.6. The molecule has 0 heterocycles. The van der Waals surface area contributed by atoms with Crippen molar-refractivity contribution in [1.82, 2.24) is 5.32 Å². The van der Waals surface area contributed by atoms with Crippen molar-refractivity contribution < 1.29 is 9.84 Å². The number of hydrogen-bond acceptors (Lipinski definition) is 3. The van der Waals surface area contributed by atoms with Gasteiger partial charge in [-0.3, -0.25) is 0 Å². The number of hydrogen-bond donors (Lipinski definition) is 2. The fraction of sp³-hybridized carbons (Fsp3) is 0.600. The molecule has 1 rings (SSSR count). The highest BCUT2D eigenvalue weighted by Crippen LogP contribution is 2.21. The fourth-order valence-electron chi connectivity index (χ4n) is 1.67. The highest BCUT2D eigenvalue weighted by molar-refractivity contribution is 5.29. The maximum atomic E-state index is 9.99. The summed E-state index contributed by atoms with van der Waals surface area (Å²) in [7, 11) is 1.89. The first-order valence-corrected chi connectivity index (χ1v) is 6.69. The van der Waals surface area contributed by atoms with Gasteiger partial charge < -0.3 is 15.2 Å². The number of rotatable bonds is 8. The smallest absolute Gasteiger partial charge is 0.119 e. The summed E-state index contributed by atoms with van der Waals surface area (Å²) in [5, 5.41) is 13.0. The van der Waals surface area contributed by atoms with E-state index in [1.54, 1.807) is 0 Å². The minimum absolute atomic E-state index is 0.425. The molecule has 0 aromatic heterocycles. The second-order valence-electron chi connectivity index (χ2n) is 5.01. The molecule has 3 heteroatoms. The highest BCUT2D eigenvalue weighted by Gasteiger charge is 2.07. The number of aliphatic hydroxyl groups excluding tert-OH is 1. The monoisotopic (exact) mass is 251 g/mol. The van der Waals surface area contributed by atoms with Crippen molar-refractivity contribution in [2.45, 2.75) is 32.8 Å².